The van der Waals surface area contributed by atoms with Crippen molar-refractivity contribution in [3.05, 3.63) is 82.2 Å². The highest BCUT2D eigenvalue weighted by Gasteiger charge is 2.08. The maximum atomic E-state index is 12.3. The molecule has 2 N–H and O–H groups in total. The first kappa shape index (κ1) is 17.2. The molecule has 1 amide bonds. The van der Waals surface area contributed by atoms with Crippen molar-refractivity contribution in [2.45, 2.75) is 6.54 Å². The summed E-state index contributed by atoms with van der Waals surface area (Å²) < 4.78 is 0. The highest BCUT2D eigenvalue weighted by Crippen LogP contribution is 2.23. The molecule has 0 radical (unpaired) electrons. The molecule has 1 aromatic carbocycles. The molecule has 0 aliphatic heterocycles. The fraction of sp³-hybridized carbons (Fsp3) is 0.0556. The van der Waals surface area contributed by atoms with Crippen LogP contribution in [-0.2, 0) is 6.54 Å². The third kappa shape index (κ3) is 4.92. The quantitative estimate of drug-likeness (QED) is 0.683. The average molecular weight is 373 g/mol. The van der Waals surface area contributed by atoms with Crippen LogP contribution in [0.3, 0.4) is 0 Å². The molecule has 0 bridgehead atoms. The Bertz CT molecular complexity index is 850. The van der Waals surface area contributed by atoms with Gasteiger partial charge in [0.15, 0.2) is 0 Å². The number of pyridine rings is 2. The van der Waals surface area contributed by atoms with Gasteiger partial charge in [0, 0.05) is 40.9 Å². The number of nitrogens with one attached hydrogen (secondary N) is 2. The van der Waals surface area contributed by atoms with Gasteiger partial charge >= 0.3 is 0 Å². The predicted molar refractivity (Wildman–Crippen MR) is 100 cm³/mol. The zero-order valence-corrected chi connectivity index (χ0v) is 14.6. The van der Waals surface area contributed by atoms with E-state index in [1.165, 1.54) is 6.20 Å². The predicted octanol–water partition coefficient (Wildman–Crippen LogP) is 4.65. The normalized spacial score (nSPS) is 10.3. The third-order valence-corrected chi connectivity index (χ3v) is 3.81. The fourth-order valence-electron chi connectivity index (χ4n) is 2.16. The van der Waals surface area contributed by atoms with Gasteiger partial charge in [0.1, 0.15) is 5.82 Å². The molecule has 0 unspecified atom stereocenters. The fourth-order valence-corrected chi connectivity index (χ4v) is 2.68. The number of carbonyl (C=O) groups excluding carboxylic acids is 1. The summed E-state index contributed by atoms with van der Waals surface area (Å²) in [5.74, 6) is 0.394. The number of halogens is 2. The van der Waals surface area contributed by atoms with Gasteiger partial charge in [-0.2, -0.15) is 0 Å². The van der Waals surface area contributed by atoms with E-state index in [1.807, 2.05) is 12.1 Å². The van der Waals surface area contributed by atoms with E-state index < -0.39 is 0 Å². The van der Waals surface area contributed by atoms with E-state index in [-0.39, 0.29) is 5.91 Å². The largest absolute Gasteiger partial charge is 0.366 e. The molecule has 0 spiro atoms. The van der Waals surface area contributed by atoms with Gasteiger partial charge in [-0.3, -0.25) is 9.78 Å². The third-order valence-electron chi connectivity index (χ3n) is 3.37. The number of benzene rings is 1. The van der Waals surface area contributed by atoms with E-state index in [9.17, 15) is 4.79 Å². The highest BCUT2D eigenvalue weighted by atomic mass is 35.5. The zero-order chi connectivity index (χ0) is 17.6. The van der Waals surface area contributed by atoms with Crippen LogP contribution in [0.4, 0.5) is 11.5 Å². The molecule has 25 heavy (non-hydrogen) atoms. The second-order valence-corrected chi connectivity index (χ2v) is 6.13. The van der Waals surface area contributed by atoms with Crippen LogP contribution >= 0.6 is 23.2 Å². The van der Waals surface area contributed by atoms with Gasteiger partial charge < -0.3 is 10.6 Å². The number of aromatic nitrogens is 2. The van der Waals surface area contributed by atoms with E-state index in [0.717, 1.165) is 5.56 Å². The monoisotopic (exact) mass is 372 g/mol. The average Bonchev–Trinajstić information content (AvgIpc) is 2.60. The highest BCUT2D eigenvalue weighted by molar-refractivity contribution is 6.35. The maximum absolute atomic E-state index is 12.3. The lowest BCUT2D eigenvalue weighted by Crippen LogP contribution is -2.12. The number of hydrogen-bond acceptors (Lipinski definition) is 4. The number of hydrogen-bond donors (Lipinski definition) is 2. The first-order chi connectivity index (χ1) is 12.1. The summed E-state index contributed by atoms with van der Waals surface area (Å²) in [4.78, 5) is 20.5. The van der Waals surface area contributed by atoms with Crippen LogP contribution in [0.25, 0.3) is 0 Å². The Kier molecular flexibility index (Phi) is 5.48. The van der Waals surface area contributed by atoms with Gasteiger partial charge in [0.25, 0.3) is 5.91 Å². The van der Waals surface area contributed by atoms with E-state index in [2.05, 4.69) is 20.6 Å². The minimum atomic E-state index is -0.286. The van der Waals surface area contributed by atoms with E-state index in [1.54, 1.807) is 42.7 Å². The molecule has 0 saturated carbocycles. The Morgan fingerprint density at radius 3 is 2.36 bits per heavy atom. The molecular weight excluding hydrogens is 359 g/mol. The van der Waals surface area contributed by atoms with Gasteiger partial charge in [0.05, 0.1) is 5.56 Å². The molecule has 3 aromatic rings. The Morgan fingerprint density at radius 1 is 1.00 bits per heavy atom. The van der Waals surface area contributed by atoms with Gasteiger partial charge in [-0.15, -0.1) is 0 Å². The van der Waals surface area contributed by atoms with Crippen molar-refractivity contribution in [3.63, 3.8) is 0 Å². The molecule has 126 valence electrons. The number of nitrogens with zero attached hydrogens (tertiary/aromatic N) is 2. The Balaban J connectivity index is 1.62. The summed E-state index contributed by atoms with van der Waals surface area (Å²) in [6.07, 6.45) is 4.98. The number of rotatable bonds is 5. The van der Waals surface area contributed by atoms with Crippen molar-refractivity contribution in [2.75, 3.05) is 10.6 Å². The van der Waals surface area contributed by atoms with Crippen molar-refractivity contribution in [1.29, 1.82) is 0 Å². The van der Waals surface area contributed by atoms with Crippen molar-refractivity contribution < 1.29 is 4.79 Å². The molecule has 7 heteroatoms. The Labute approximate surface area is 155 Å². The molecule has 0 fully saturated rings. The second-order valence-electron chi connectivity index (χ2n) is 5.25. The molecular formula is C18H14Cl2N4O. The molecule has 2 aromatic heterocycles. The van der Waals surface area contributed by atoms with Gasteiger partial charge in [-0.1, -0.05) is 23.2 Å². The molecule has 5 nitrogen and oxygen atoms in total. The minimum absolute atomic E-state index is 0.286. The molecule has 0 saturated heterocycles. The van der Waals surface area contributed by atoms with Crippen LogP contribution in [0.1, 0.15) is 15.9 Å². The van der Waals surface area contributed by atoms with E-state index >= 15 is 0 Å². The van der Waals surface area contributed by atoms with Crippen LogP contribution in [0.2, 0.25) is 10.0 Å². The SMILES string of the molecule is O=C(Nc1cc(Cl)cc(Cl)c1)c1ccc(NCc2ccncc2)nc1. The van der Waals surface area contributed by atoms with Gasteiger partial charge in [0.2, 0.25) is 0 Å². The molecule has 0 aliphatic rings. The number of anilines is 2. The van der Waals surface area contributed by atoms with Crippen LogP contribution < -0.4 is 10.6 Å². The zero-order valence-electron chi connectivity index (χ0n) is 13.0. The topological polar surface area (TPSA) is 66.9 Å². The minimum Gasteiger partial charge on any atom is -0.366 e. The van der Waals surface area contributed by atoms with Crippen LogP contribution in [0.5, 0.6) is 0 Å². The first-order valence-corrected chi connectivity index (χ1v) is 8.22. The lowest BCUT2D eigenvalue weighted by atomic mass is 10.2. The van der Waals surface area contributed by atoms with E-state index in [4.69, 9.17) is 23.2 Å². The maximum Gasteiger partial charge on any atom is 0.257 e. The van der Waals surface area contributed by atoms with Crippen LogP contribution in [0.15, 0.2) is 61.1 Å². The second kappa shape index (κ2) is 7.96. The lowest BCUT2D eigenvalue weighted by Gasteiger charge is -2.08. The summed E-state index contributed by atoms with van der Waals surface area (Å²) in [6, 6.07) is 12.1. The van der Waals surface area contributed by atoms with Crippen LogP contribution in [0, 0.1) is 0 Å². The molecule has 0 atom stereocenters. The summed E-state index contributed by atoms with van der Waals surface area (Å²) >= 11 is 11.9. The molecule has 3 rings (SSSR count). The van der Waals surface area contributed by atoms with Crippen molar-refractivity contribution in [3.8, 4) is 0 Å². The van der Waals surface area contributed by atoms with Crippen molar-refractivity contribution in [2.24, 2.45) is 0 Å². The standard InChI is InChI=1S/C18H14Cl2N4O/c19-14-7-15(20)9-16(8-14)24-18(25)13-1-2-17(23-11-13)22-10-12-3-5-21-6-4-12/h1-9,11H,10H2,(H,22,23)(H,24,25). The molecule has 0 aliphatic carbocycles. The summed E-state index contributed by atoms with van der Waals surface area (Å²) in [6.45, 7) is 0.627. The Hall–Kier alpha value is -2.63. The van der Waals surface area contributed by atoms with E-state index in [0.29, 0.717) is 33.7 Å². The number of carbonyl (C=O) groups is 1. The van der Waals surface area contributed by atoms with Crippen molar-refractivity contribution >= 4 is 40.6 Å². The number of amides is 1. The summed E-state index contributed by atoms with van der Waals surface area (Å²) in [7, 11) is 0. The summed E-state index contributed by atoms with van der Waals surface area (Å²) in [5, 5.41) is 6.84. The first-order valence-electron chi connectivity index (χ1n) is 7.46. The lowest BCUT2D eigenvalue weighted by molar-refractivity contribution is 0.102. The van der Waals surface area contributed by atoms with Crippen LogP contribution in [-0.4, -0.2) is 15.9 Å². The smallest absolute Gasteiger partial charge is 0.257 e. The van der Waals surface area contributed by atoms with Gasteiger partial charge in [-0.25, -0.2) is 4.98 Å². The molecule has 2 heterocycles. The Morgan fingerprint density at radius 2 is 1.72 bits per heavy atom. The van der Waals surface area contributed by atoms with Crippen molar-refractivity contribution in [1.82, 2.24) is 9.97 Å². The summed E-state index contributed by atoms with van der Waals surface area (Å²) in [5.41, 5.74) is 2.06. The van der Waals surface area contributed by atoms with Gasteiger partial charge in [-0.05, 0) is 48.0 Å².